The van der Waals surface area contributed by atoms with Crippen molar-refractivity contribution in [1.29, 1.82) is 0 Å². The monoisotopic (exact) mass is 322 g/mol. The standard InChI is InChI=1S/C18H18N4O2/c1-23-16-7-12-4-6-22(10-13(12)8-17(16)24-2)18-14-3-5-19-9-15(14)20-11-21-18/h3,5,7-9,11H,4,6,10H2,1-2H3. The average molecular weight is 322 g/mol. The minimum Gasteiger partial charge on any atom is -0.493 e. The molecule has 0 atom stereocenters. The third-order valence-electron chi connectivity index (χ3n) is 4.44. The second kappa shape index (κ2) is 5.96. The molecule has 0 saturated heterocycles. The van der Waals surface area contributed by atoms with Crippen LogP contribution < -0.4 is 14.4 Å². The van der Waals surface area contributed by atoms with Crippen molar-refractivity contribution >= 4 is 16.7 Å². The van der Waals surface area contributed by atoms with Crippen molar-refractivity contribution in [1.82, 2.24) is 15.0 Å². The van der Waals surface area contributed by atoms with Crippen LogP contribution in [0.4, 0.5) is 5.82 Å². The van der Waals surface area contributed by atoms with Crippen molar-refractivity contribution in [2.45, 2.75) is 13.0 Å². The lowest BCUT2D eigenvalue weighted by molar-refractivity contribution is 0.353. The van der Waals surface area contributed by atoms with Crippen molar-refractivity contribution in [3.05, 3.63) is 48.0 Å². The summed E-state index contributed by atoms with van der Waals surface area (Å²) in [6.45, 7) is 1.68. The first-order valence-corrected chi connectivity index (χ1v) is 7.83. The molecule has 0 N–H and O–H groups in total. The lowest BCUT2D eigenvalue weighted by Crippen LogP contribution is -2.31. The normalized spacial score (nSPS) is 13.7. The molecular formula is C18H18N4O2. The number of ether oxygens (including phenoxy) is 2. The van der Waals surface area contributed by atoms with Gasteiger partial charge < -0.3 is 14.4 Å². The van der Waals surface area contributed by atoms with Gasteiger partial charge in [-0.25, -0.2) is 9.97 Å². The first-order valence-electron chi connectivity index (χ1n) is 7.83. The molecule has 0 amide bonds. The highest BCUT2D eigenvalue weighted by Crippen LogP contribution is 2.35. The predicted octanol–water partition coefficient (Wildman–Crippen LogP) is 2.60. The van der Waals surface area contributed by atoms with E-state index in [-0.39, 0.29) is 0 Å². The third kappa shape index (κ3) is 2.40. The van der Waals surface area contributed by atoms with E-state index in [1.165, 1.54) is 11.1 Å². The number of hydrogen-bond acceptors (Lipinski definition) is 6. The lowest BCUT2D eigenvalue weighted by atomic mass is 9.98. The van der Waals surface area contributed by atoms with Crippen LogP contribution in [0.5, 0.6) is 11.5 Å². The van der Waals surface area contributed by atoms with Crippen LogP contribution in [0, 0.1) is 0 Å². The molecule has 2 aromatic heterocycles. The number of benzene rings is 1. The molecule has 1 aliphatic heterocycles. The van der Waals surface area contributed by atoms with E-state index in [1.807, 2.05) is 6.07 Å². The Bertz CT molecular complexity index is 892. The van der Waals surface area contributed by atoms with E-state index in [1.54, 1.807) is 32.9 Å². The molecule has 24 heavy (non-hydrogen) atoms. The van der Waals surface area contributed by atoms with Gasteiger partial charge in [0.05, 0.1) is 25.9 Å². The molecule has 6 heteroatoms. The topological polar surface area (TPSA) is 60.4 Å². The second-order valence-electron chi connectivity index (χ2n) is 5.74. The van der Waals surface area contributed by atoms with E-state index in [0.717, 1.165) is 47.7 Å². The van der Waals surface area contributed by atoms with Gasteiger partial charge in [0.25, 0.3) is 0 Å². The molecule has 1 aromatic carbocycles. The number of fused-ring (bicyclic) bond motifs is 2. The number of anilines is 1. The van der Waals surface area contributed by atoms with Crippen LogP contribution in [0.2, 0.25) is 0 Å². The molecule has 0 saturated carbocycles. The van der Waals surface area contributed by atoms with E-state index >= 15 is 0 Å². The highest BCUT2D eigenvalue weighted by molar-refractivity contribution is 5.88. The van der Waals surface area contributed by atoms with Crippen LogP contribution >= 0.6 is 0 Å². The molecule has 4 rings (SSSR count). The lowest BCUT2D eigenvalue weighted by Gasteiger charge is -2.31. The van der Waals surface area contributed by atoms with Gasteiger partial charge in [0.2, 0.25) is 0 Å². The van der Waals surface area contributed by atoms with E-state index in [9.17, 15) is 0 Å². The fourth-order valence-corrected chi connectivity index (χ4v) is 3.21. The number of methoxy groups -OCH3 is 2. The number of pyridine rings is 1. The SMILES string of the molecule is COc1cc2c(cc1OC)CN(c1ncnc3cnccc13)CC2. The van der Waals surface area contributed by atoms with Crippen LogP contribution in [0.3, 0.4) is 0 Å². The summed E-state index contributed by atoms with van der Waals surface area (Å²) >= 11 is 0. The van der Waals surface area contributed by atoms with Crippen molar-refractivity contribution < 1.29 is 9.47 Å². The van der Waals surface area contributed by atoms with Gasteiger partial charge >= 0.3 is 0 Å². The molecule has 6 nitrogen and oxygen atoms in total. The molecule has 0 bridgehead atoms. The Labute approximate surface area is 140 Å². The zero-order chi connectivity index (χ0) is 16.5. The molecule has 3 aromatic rings. The summed E-state index contributed by atoms with van der Waals surface area (Å²) in [7, 11) is 3.33. The fraction of sp³-hybridized carbons (Fsp3) is 0.278. The highest BCUT2D eigenvalue weighted by atomic mass is 16.5. The van der Waals surface area contributed by atoms with E-state index < -0.39 is 0 Å². The van der Waals surface area contributed by atoms with E-state index in [2.05, 4.69) is 32.0 Å². The zero-order valence-corrected chi connectivity index (χ0v) is 13.7. The Balaban J connectivity index is 1.73. The summed E-state index contributed by atoms with van der Waals surface area (Å²) in [6, 6.07) is 6.10. The van der Waals surface area contributed by atoms with Gasteiger partial charge in [-0.05, 0) is 35.7 Å². The molecule has 0 spiro atoms. The summed E-state index contributed by atoms with van der Waals surface area (Å²) in [5.41, 5.74) is 3.39. The Morgan fingerprint density at radius 2 is 1.83 bits per heavy atom. The molecule has 0 radical (unpaired) electrons. The summed E-state index contributed by atoms with van der Waals surface area (Å²) < 4.78 is 10.8. The molecular weight excluding hydrogens is 304 g/mol. The Hall–Kier alpha value is -2.89. The second-order valence-corrected chi connectivity index (χ2v) is 5.74. The zero-order valence-electron chi connectivity index (χ0n) is 13.7. The Morgan fingerprint density at radius 1 is 1.04 bits per heavy atom. The van der Waals surface area contributed by atoms with Crippen LogP contribution in [-0.4, -0.2) is 35.7 Å². The number of aromatic nitrogens is 3. The highest BCUT2D eigenvalue weighted by Gasteiger charge is 2.21. The molecule has 3 heterocycles. The molecule has 0 unspecified atom stereocenters. The average Bonchev–Trinajstić information content (AvgIpc) is 2.66. The van der Waals surface area contributed by atoms with Gasteiger partial charge in [0.1, 0.15) is 12.1 Å². The minimum atomic E-state index is 0.759. The molecule has 0 aliphatic carbocycles. The largest absolute Gasteiger partial charge is 0.493 e. The summed E-state index contributed by atoms with van der Waals surface area (Å²) in [4.78, 5) is 15.2. The summed E-state index contributed by atoms with van der Waals surface area (Å²) in [5.74, 6) is 2.49. The predicted molar refractivity (Wildman–Crippen MR) is 91.6 cm³/mol. The van der Waals surface area contributed by atoms with Gasteiger partial charge in [-0.1, -0.05) is 0 Å². The minimum absolute atomic E-state index is 0.759. The van der Waals surface area contributed by atoms with Crippen LogP contribution in [0.15, 0.2) is 36.9 Å². The van der Waals surface area contributed by atoms with Crippen LogP contribution in [0.25, 0.3) is 10.9 Å². The van der Waals surface area contributed by atoms with Crippen molar-refractivity contribution in [3.8, 4) is 11.5 Å². The molecule has 122 valence electrons. The number of hydrogen-bond donors (Lipinski definition) is 0. The van der Waals surface area contributed by atoms with Gasteiger partial charge in [-0.3, -0.25) is 4.98 Å². The molecule has 1 aliphatic rings. The van der Waals surface area contributed by atoms with Gasteiger partial charge in [0.15, 0.2) is 11.5 Å². The first-order chi connectivity index (χ1) is 11.8. The maximum absolute atomic E-state index is 5.44. The summed E-state index contributed by atoms with van der Waals surface area (Å²) in [6.07, 6.45) is 6.09. The maximum Gasteiger partial charge on any atom is 0.161 e. The fourth-order valence-electron chi connectivity index (χ4n) is 3.21. The van der Waals surface area contributed by atoms with Crippen molar-refractivity contribution in [2.24, 2.45) is 0 Å². The quantitative estimate of drug-likeness (QED) is 0.739. The van der Waals surface area contributed by atoms with E-state index in [4.69, 9.17) is 9.47 Å². The Morgan fingerprint density at radius 3 is 2.62 bits per heavy atom. The first kappa shape index (κ1) is 14.7. The molecule has 0 fully saturated rings. The van der Waals surface area contributed by atoms with Crippen LogP contribution in [0.1, 0.15) is 11.1 Å². The van der Waals surface area contributed by atoms with Crippen molar-refractivity contribution in [3.63, 3.8) is 0 Å². The van der Waals surface area contributed by atoms with Crippen LogP contribution in [-0.2, 0) is 13.0 Å². The van der Waals surface area contributed by atoms with Gasteiger partial charge in [0, 0.05) is 24.7 Å². The van der Waals surface area contributed by atoms with Crippen molar-refractivity contribution in [2.75, 3.05) is 25.7 Å². The van der Waals surface area contributed by atoms with Gasteiger partial charge in [-0.15, -0.1) is 0 Å². The number of nitrogens with zero attached hydrogens (tertiary/aromatic N) is 4. The smallest absolute Gasteiger partial charge is 0.161 e. The van der Waals surface area contributed by atoms with E-state index in [0.29, 0.717) is 0 Å². The number of rotatable bonds is 3. The van der Waals surface area contributed by atoms with Gasteiger partial charge in [-0.2, -0.15) is 0 Å². The summed E-state index contributed by atoms with van der Waals surface area (Å²) in [5, 5.41) is 1.02. The Kier molecular flexibility index (Phi) is 3.65. The third-order valence-corrected chi connectivity index (χ3v) is 4.44. The maximum atomic E-state index is 5.44.